The summed E-state index contributed by atoms with van der Waals surface area (Å²) in [5, 5.41) is 0.426. The number of carbonyl (C=O) groups excluding carboxylic acids is 1. The van der Waals surface area contributed by atoms with Crippen molar-refractivity contribution < 1.29 is 17.9 Å². The highest BCUT2D eigenvalue weighted by Crippen LogP contribution is 2.27. The van der Waals surface area contributed by atoms with Gasteiger partial charge in [0.15, 0.2) is 12.4 Å². The number of sulfonamides is 1. The number of hydrogen-bond donors (Lipinski definition) is 1. The van der Waals surface area contributed by atoms with E-state index in [0.717, 1.165) is 4.31 Å². The Morgan fingerprint density at radius 3 is 2.62 bits per heavy atom. The fourth-order valence-electron chi connectivity index (χ4n) is 2.93. The molecule has 2 heterocycles. The first-order chi connectivity index (χ1) is 13.7. The lowest BCUT2D eigenvalue weighted by atomic mass is 10.2. The zero-order chi connectivity index (χ0) is 21.2. The number of nitrogens with two attached hydrogens (primary N) is 1. The SMILES string of the molecule is CN(C)c1nc(N)nc(COC(=O)[C@H]2CCCN2S(=O)(=O)c2ccc(Cl)cc2)n1. The molecule has 1 atom stereocenters. The van der Waals surface area contributed by atoms with Gasteiger partial charge in [-0.15, -0.1) is 0 Å². The lowest BCUT2D eigenvalue weighted by Crippen LogP contribution is -2.41. The van der Waals surface area contributed by atoms with Gasteiger partial charge in [-0.2, -0.15) is 19.3 Å². The summed E-state index contributed by atoms with van der Waals surface area (Å²) in [4.78, 5) is 26.4. The van der Waals surface area contributed by atoms with Crippen LogP contribution < -0.4 is 10.6 Å². The fourth-order valence-corrected chi connectivity index (χ4v) is 4.70. The Morgan fingerprint density at radius 2 is 1.97 bits per heavy atom. The van der Waals surface area contributed by atoms with Crippen molar-refractivity contribution in [3.8, 4) is 0 Å². The van der Waals surface area contributed by atoms with Gasteiger partial charge >= 0.3 is 5.97 Å². The second kappa shape index (κ2) is 8.47. The van der Waals surface area contributed by atoms with E-state index in [4.69, 9.17) is 22.1 Å². The van der Waals surface area contributed by atoms with Crippen LogP contribution in [0.15, 0.2) is 29.2 Å². The number of rotatable bonds is 6. The van der Waals surface area contributed by atoms with Gasteiger partial charge in [-0.25, -0.2) is 8.42 Å². The maximum Gasteiger partial charge on any atom is 0.324 e. The second-order valence-electron chi connectivity index (χ2n) is 6.64. The first-order valence-electron chi connectivity index (χ1n) is 8.80. The molecule has 156 valence electrons. The molecule has 1 aromatic heterocycles. The van der Waals surface area contributed by atoms with Crippen molar-refractivity contribution in [2.24, 2.45) is 0 Å². The van der Waals surface area contributed by atoms with Crippen LogP contribution in [0.1, 0.15) is 18.7 Å². The number of nitrogens with zero attached hydrogens (tertiary/aromatic N) is 5. The van der Waals surface area contributed by atoms with Crippen LogP contribution in [0.3, 0.4) is 0 Å². The van der Waals surface area contributed by atoms with Crippen molar-refractivity contribution in [3.05, 3.63) is 35.1 Å². The number of ether oxygens (including phenoxy) is 1. The van der Waals surface area contributed by atoms with E-state index in [-0.39, 0.29) is 29.8 Å². The number of aromatic nitrogens is 3. The second-order valence-corrected chi connectivity index (χ2v) is 8.97. The van der Waals surface area contributed by atoms with Crippen molar-refractivity contribution in [2.75, 3.05) is 31.3 Å². The summed E-state index contributed by atoms with van der Waals surface area (Å²) in [6, 6.07) is 4.89. The molecular weight excluding hydrogens is 420 g/mol. The normalized spacial score (nSPS) is 17.3. The third kappa shape index (κ3) is 4.74. The largest absolute Gasteiger partial charge is 0.456 e. The van der Waals surface area contributed by atoms with Gasteiger partial charge in [0.1, 0.15) is 6.04 Å². The molecule has 1 aromatic carbocycles. The Morgan fingerprint density at radius 1 is 1.28 bits per heavy atom. The van der Waals surface area contributed by atoms with E-state index in [1.165, 1.54) is 24.3 Å². The summed E-state index contributed by atoms with van der Waals surface area (Å²) in [5.74, 6) is -0.149. The average molecular weight is 441 g/mol. The van der Waals surface area contributed by atoms with E-state index in [0.29, 0.717) is 23.8 Å². The third-order valence-corrected chi connectivity index (χ3v) is 6.50. The van der Waals surface area contributed by atoms with E-state index in [9.17, 15) is 13.2 Å². The Kier molecular flexibility index (Phi) is 6.20. The van der Waals surface area contributed by atoms with Crippen molar-refractivity contribution in [3.63, 3.8) is 0 Å². The molecule has 1 aliphatic heterocycles. The Labute approximate surface area is 173 Å². The quantitative estimate of drug-likeness (QED) is 0.655. The molecule has 0 unspecified atom stereocenters. The summed E-state index contributed by atoms with van der Waals surface area (Å²) in [6.45, 7) is -0.00800. The number of halogens is 1. The van der Waals surface area contributed by atoms with Crippen LogP contribution in [0.5, 0.6) is 0 Å². The summed E-state index contributed by atoms with van der Waals surface area (Å²) in [6.07, 6.45) is 0.921. The first kappa shape index (κ1) is 21.2. The van der Waals surface area contributed by atoms with E-state index >= 15 is 0 Å². The minimum atomic E-state index is -3.85. The average Bonchev–Trinajstić information content (AvgIpc) is 3.17. The lowest BCUT2D eigenvalue weighted by molar-refractivity contribution is -0.149. The van der Waals surface area contributed by atoms with E-state index < -0.39 is 22.0 Å². The van der Waals surface area contributed by atoms with E-state index in [2.05, 4.69) is 15.0 Å². The number of anilines is 2. The van der Waals surface area contributed by atoms with Crippen molar-refractivity contribution in [1.82, 2.24) is 19.3 Å². The Hall–Kier alpha value is -2.50. The molecule has 1 aliphatic rings. The molecule has 0 spiro atoms. The smallest absolute Gasteiger partial charge is 0.324 e. The summed E-state index contributed by atoms with van der Waals surface area (Å²) in [7, 11) is -0.374. The van der Waals surface area contributed by atoms with Gasteiger partial charge in [-0.05, 0) is 37.1 Å². The van der Waals surface area contributed by atoms with Gasteiger partial charge in [-0.3, -0.25) is 4.79 Å². The topological polar surface area (TPSA) is 132 Å². The van der Waals surface area contributed by atoms with Crippen LogP contribution in [0.4, 0.5) is 11.9 Å². The first-order valence-corrected chi connectivity index (χ1v) is 10.6. The van der Waals surface area contributed by atoms with Crippen LogP contribution >= 0.6 is 11.6 Å². The number of benzene rings is 1. The van der Waals surface area contributed by atoms with E-state index in [1.54, 1.807) is 19.0 Å². The predicted molar refractivity (Wildman–Crippen MR) is 107 cm³/mol. The van der Waals surface area contributed by atoms with Crippen molar-refractivity contribution >= 4 is 39.5 Å². The van der Waals surface area contributed by atoms with Gasteiger partial charge in [-0.1, -0.05) is 11.6 Å². The molecule has 29 heavy (non-hydrogen) atoms. The molecule has 2 aromatic rings. The van der Waals surface area contributed by atoms with E-state index in [1.807, 2.05) is 0 Å². The number of hydrogen-bond acceptors (Lipinski definition) is 9. The molecule has 10 nitrogen and oxygen atoms in total. The molecule has 3 rings (SSSR count). The fraction of sp³-hybridized carbons (Fsp3) is 0.412. The maximum absolute atomic E-state index is 12.9. The van der Waals surface area contributed by atoms with Crippen LogP contribution in [0.25, 0.3) is 0 Å². The molecule has 12 heteroatoms. The number of nitrogen functional groups attached to an aromatic ring is 1. The zero-order valence-electron chi connectivity index (χ0n) is 15.9. The highest BCUT2D eigenvalue weighted by atomic mass is 35.5. The van der Waals surface area contributed by atoms with Gasteiger partial charge < -0.3 is 15.4 Å². The van der Waals surface area contributed by atoms with Crippen LogP contribution in [0, 0.1) is 0 Å². The van der Waals surface area contributed by atoms with Gasteiger partial charge in [0.2, 0.25) is 21.9 Å². The summed E-state index contributed by atoms with van der Waals surface area (Å²) < 4.78 is 32.3. The minimum absolute atomic E-state index is 0.00237. The van der Waals surface area contributed by atoms with Gasteiger partial charge in [0.25, 0.3) is 0 Å². The van der Waals surface area contributed by atoms with Crippen molar-refractivity contribution in [1.29, 1.82) is 0 Å². The Bertz CT molecular complexity index is 999. The lowest BCUT2D eigenvalue weighted by Gasteiger charge is -2.22. The molecule has 1 fully saturated rings. The number of carbonyl (C=O) groups is 1. The molecule has 0 saturated carbocycles. The minimum Gasteiger partial charge on any atom is -0.456 e. The van der Waals surface area contributed by atoms with Crippen LogP contribution in [-0.4, -0.2) is 60.3 Å². The van der Waals surface area contributed by atoms with Crippen molar-refractivity contribution in [2.45, 2.75) is 30.4 Å². The van der Waals surface area contributed by atoms with Gasteiger partial charge in [0, 0.05) is 25.7 Å². The highest BCUT2D eigenvalue weighted by molar-refractivity contribution is 7.89. The molecule has 0 amide bonds. The summed E-state index contributed by atoms with van der Waals surface area (Å²) in [5.41, 5.74) is 5.65. The standard InChI is InChI=1S/C17H21ClN6O4S/c1-23(2)17-21-14(20-16(19)22-17)10-28-15(25)13-4-3-9-24(13)29(26,27)12-7-5-11(18)6-8-12/h5-8,13H,3-4,9-10H2,1-2H3,(H2,19,20,21,22)/t13-/m1/s1. The molecule has 0 radical (unpaired) electrons. The maximum atomic E-state index is 12.9. The monoisotopic (exact) mass is 440 g/mol. The predicted octanol–water partition coefficient (Wildman–Crippen LogP) is 1.07. The van der Waals surface area contributed by atoms with Crippen LogP contribution in [0.2, 0.25) is 5.02 Å². The zero-order valence-corrected chi connectivity index (χ0v) is 17.5. The molecule has 1 saturated heterocycles. The molecule has 2 N–H and O–H groups in total. The molecule has 0 bridgehead atoms. The number of esters is 1. The summed E-state index contributed by atoms with van der Waals surface area (Å²) >= 11 is 5.83. The molecule has 0 aliphatic carbocycles. The van der Waals surface area contributed by atoms with Crippen LogP contribution in [-0.2, 0) is 26.2 Å². The Balaban J connectivity index is 1.73. The highest BCUT2D eigenvalue weighted by Gasteiger charge is 2.40. The molecular formula is C17H21ClN6O4S. The third-order valence-electron chi connectivity index (χ3n) is 4.33. The van der Waals surface area contributed by atoms with Gasteiger partial charge in [0.05, 0.1) is 4.90 Å².